The fourth-order valence-electron chi connectivity index (χ4n) is 1.02. The van der Waals surface area contributed by atoms with Crippen molar-refractivity contribution in [3.8, 4) is 0 Å². The van der Waals surface area contributed by atoms with Gasteiger partial charge in [-0.05, 0) is 17.9 Å². The lowest BCUT2D eigenvalue weighted by Crippen LogP contribution is -1.97. The fraction of sp³-hybridized carbons (Fsp3) is 0.600. The second kappa shape index (κ2) is 4.19. The first-order chi connectivity index (χ1) is 5.74. The third-order valence-electron chi connectivity index (χ3n) is 1.87. The molecule has 0 amide bonds. The van der Waals surface area contributed by atoms with Gasteiger partial charge in [0.15, 0.2) is 0 Å². The third-order valence-corrected chi connectivity index (χ3v) is 1.87. The topological polar surface area (TPSA) is 25.8 Å². The Morgan fingerprint density at radius 1 is 1.25 bits per heavy atom. The van der Waals surface area contributed by atoms with Crippen LogP contribution in [0, 0.1) is 0 Å². The molecular formula is C10H16N2. The van der Waals surface area contributed by atoms with Gasteiger partial charge in [0.1, 0.15) is 5.82 Å². The van der Waals surface area contributed by atoms with Crippen LogP contribution in [-0.4, -0.2) is 9.97 Å². The normalized spacial score (nSPS) is 10.7. The number of hydrogen-bond acceptors (Lipinski definition) is 2. The van der Waals surface area contributed by atoms with Crippen LogP contribution in [0.3, 0.4) is 0 Å². The van der Waals surface area contributed by atoms with E-state index < -0.39 is 0 Å². The van der Waals surface area contributed by atoms with Gasteiger partial charge < -0.3 is 0 Å². The molecule has 0 spiro atoms. The second-order valence-electron chi connectivity index (χ2n) is 3.34. The maximum absolute atomic E-state index is 4.28. The molecule has 2 nitrogen and oxygen atoms in total. The molecule has 0 aromatic carbocycles. The summed E-state index contributed by atoms with van der Waals surface area (Å²) in [6.07, 6.45) is 5.96. The van der Waals surface area contributed by atoms with Crippen LogP contribution in [0.1, 0.15) is 44.5 Å². The Hall–Kier alpha value is -0.920. The molecule has 0 atom stereocenters. The van der Waals surface area contributed by atoms with Crippen molar-refractivity contribution < 1.29 is 0 Å². The lowest BCUT2D eigenvalue weighted by Gasteiger charge is -2.03. The molecule has 1 rings (SSSR count). The first-order valence-corrected chi connectivity index (χ1v) is 4.54. The second-order valence-corrected chi connectivity index (χ2v) is 3.34. The van der Waals surface area contributed by atoms with E-state index in [9.17, 15) is 0 Å². The highest BCUT2D eigenvalue weighted by atomic mass is 14.9. The monoisotopic (exact) mass is 164 g/mol. The minimum absolute atomic E-state index is 0.528. The zero-order chi connectivity index (χ0) is 8.97. The largest absolute Gasteiger partial charge is 0.241 e. The van der Waals surface area contributed by atoms with Gasteiger partial charge >= 0.3 is 0 Å². The summed E-state index contributed by atoms with van der Waals surface area (Å²) in [5.74, 6) is 1.49. The molecule has 66 valence electrons. The van der Waals surface area contributed by atoms with Crippen LogP contribution < -0.4 is 0 Å². The average molecular weight is 164 g/mol. The van der Waals surface area contributed by atoms with E-state index in [1.165, 1.54) is 5.56 Å². The molecule has 0 saturated heterocycles. The summed E-state index contributed by atoms with van der Waals surface area (Å²) < 4.78 is 0. The number of aromatic nitrogens is 2. The summed E-state index contributed by atoms with van der Waals surface area (Å²) in [5.41, 5.74) is 1.22. The quantitative estimate of drug-likeness (QED) is 0.686. The highest BCUT2D eigenvalue weighted by Crippen LogP contribution is 2.10. The Labute approximate surface area is 74.1 Å². The van der Waals surface area contributed by atoms with E-state index in [4.69, 9.17) is 0 Å². The summed E-state index contributed by atoms with van der Waals surface area (Å²) in [6.45, 7) is 6.44. The van der Waals surface area contributed by atoms with E-state index in [1.807, 2.05) is 12.4 Å². The van der Waals surface area contributed by atoms with Gasteiger partial charge in [0.05, 0.1) is 0 Å². The summed E-state index contributed by atoms with van der Waals surface area (Å²) in [4.78, 5) is 8.56. The van der Waals surface area contributed by atoms with Gasteiger partial charge in [-0.25, -0.2) is 9.97 Å². The molecule has 0 bridgehead atoms. The molecule has 12 heavy (non-hydrogen) atoms. The minimum Gasteiger partial charge on any atom is -0.241 e. The van der Waals surface area contributed by atoms with Crippen molar-refractivity contribution in [2.45, 2.75) is 39.5 Å². The minimum atomic E-state index is 0.528. The van der Waals surface area contributed by atoms with Crippen molar-refractivity contribution in [3.05, 3.63) is 23.8 Å². The van der Waals surface area contributed by atoms with Crippen molar-refractivity contribution in [3.63, 3.8) is 0 Å². The Kier molecular flexibility index (Phi) is 3.20. The van der Waals surface area contributed by atoms with Crippen LogP contribution in [-0.2, 0) is 6.42 Å². The number of aryl methyl sites for hydroxylation is 1. The van der Waals surface area contributed by atoms with Gasteiger partial charge in [-0.2, -0.15) is 0 Å². The predicted molar refractivity (Wildman–Crippen MR) is 50.1 cm³/mol. The van der Waals surface area contributed by atoms with Gasteiger partial charge in [-0.3, -0.25) is 0 Å². The molecular weight excluding hydrogens is 148 g/mol. The number of hydrogen-bond donors (Lipinski definition) is 0. The molecule has 0 unspecified atom stereocenters. The van der Waals surface area contributed by atoms with Crippen LogP contribution in [0.5, 0.6) is 0 Å². The van der Waals surface area contributed by atoms with Crippen LogP contribution in [0.15, 0.2) is 12.4 Å². The van der Waals surface area contributed by atoms with Crippen molar-refractivity contribution in [1.29, 1.82) is 0 Å². The first-order valence-electron chi connectivity index (χ1n) is 4.54. The zero-order valence-corrected chi connectivity index (χ0v) is 8.04. The van der Waals surface area contributed by atoms with E-state index in [0.717, 1.165) is 18.7 Å². The van der Waals surface area contributed by atoms with E-state index >= 15 is 0 Å². The average Bonchev–Trinajstić information content (AvgIpc) is 2.06. The molecule has 2 heteroatoms. The smallest absolute Gasteiger partial charge is 0.128 e. The zero-order valence-electron chi connectivity index (χ0n) is 8.04. The summed E-state index contributed by atoms with van der Waals surface area (Å²) in [5, 5.41) is 0. The van der Waals surface area contributed by atoms with Crippen molar-refractivity contribution in [2.75, 3.05) is 0 Å². The maximum atomic E-state index is 4.28. The van der Waals surface area contributed by atoms with E-state index in [-0.39, 0.29) is 0 Å². The molecule has 0 aliphatic rings. The molecule has 0 aliphatic carbocycles. The number of rotatable bonds is 3. The van der Waals surface area contributed by atoms with Gasteiger partial charge in [0, 0.05) is 18.8 Å². The van der Waals surface area contributed by atoms with Gasteiger partial charge in [-0.15, -0.1) is 0 Å². The molecule has 0 fully saturated rings. The van der Waals surface area contributed by atoms with E-state index in [2.05, 4.69) is 30.7 Å². The standard InChI is InChI=1S/C10H16N2/c1-4-5-10-11-6-9(7-12-10)8(2)3/h6-8H,4-5H2,1-3H3. The van der Waals surface area contributed by atoms with Crippen LogP contribution in [0.2, 0.25) is 0 Å². The van der Waals surface area contributed by atoms with Crippen molar-refractivity contribution in [1.82, 2.24) is 9.97 Å². The molecule has 1 heterocycles. The van der Waals surface area contributed by atoms with E-state index in [0.29, 0.717) is 5.92 Å². The van der Waals surface area contributed by atoms with Gasteiger partial charge in [0.25, 0.3) is 0 Å². The number of nitrogens with zero attached hydrogens (tertiary/aromatic N) is 2. The van der Waals surface area contributed by atoms with Crippen LogP contribution >= 0.6 is 0 Å². The van der Waals surface area contributed by atoms with Gasteiger partial charge in [-0.1, -0.05) is 20.8 Å². The summed E-state index contributed by atoms with van der Waals surface area (Å²) in [6, 6.07) is 0. The van der Waals surface area contributed by atoms with Crippen LogP contribution in [0.25, 0.3) is 0 Å². The van der Waals surface area contributed by atoms with Crippen molar-refractivity contribution >= 4 is 0 Å². The lowest BCUT2D eigenvalue weighted by atomic mass is 10.1. The fourth-order valence-corrected chi connectivity index (χ4v) is 1.02. The first kappa shape index (κ1) is 9.17. The SMILES string of the molecule is CCCc1ncc(C(C)C)cn1. The predicted octanol–water partition coefficient (Wildman–Crippen LogP) is 2.55. The highest BCUT2D eigenvalue weighted by Gasteiger charge is 1.99. The highest BCUT2D eigenvalue weighted by molar-refractivity contribution is 5.09. The molecule has 0 radical (unpaired) electrons. The molecule has 1 aromatic rings. The Balaban J connectivity index is 2.71. The van der Waals surface area contributed by atoms with Gasteiger partial charge in [0.2, 0.25) is 0 Å². The van der Waals surface area contributed by atoms with E-state index in [1.54, 1.807) is 0 Å². The molecule has 0 N–H and O–H groups in total. The molecule has 0 saturated carbocycles. The maximum Gasteiger partial charge on any atom is 0.128 e. The Bertz CT molecular complexity index is 226. The third kappa shape index (κ3) is 2.29. The Morgan fingerprint density at radius 3 is 2.25 bits per heavy atom. The molecule has 1 aromatic heterocycles. The van der Waals surface area contributed by atoms with Crippen molar-refractivity contribution in [2.24, 2.45) is 0 Å². The molecule has 0 aliphatic heterocycles. The van der Waals surface area contributed by atoms with Crippen LogP contribution in [0.4, 0.5) is 0 Å². The summed E-state index contributed by atoms with van der Waals surface area (Å²) >= 11 is 0. The summed E-state index contributed by atoms with van der Waals surface area (Å²) in [7, 11) is 0. The lowest BCUT2D eigenvalue weighted by molar-refractivity contribution is 0.796. The Morgan fingerprint density at radius 2 is 1.83 bits per heavy atom.